The van der Waals surface area contributed by atoms with E-state index in [9.17, 15) is 5.26 Å². The minimum atomic E-state index is -2.09. The van der Waals surface area contributed by atoms with Crippen molar-refractivity contribution in [3.8, 4) is 11.8 Å². The highest BCUT2D eigenvalue weighted by molar-refractivity contribution is 8.34. The monoisotopic (exact) mass is 620 g/mol. The van der Waals surface area contributed by atoms with Crippen molar-refractivity contribution in [1.29, 1.82) is 5.26 Å². The summed E-state index contributed by atoms with van der Waals surface area (Å²) in [6.07, 6.45) is 0. The summed E-state index contributed by atoms with van der Waals surface area (Å²) >= 11 is 0. The molecule has 0 unspecified atom stereocenters. The van der Waals surface area contributed by atoms with Crippen molar-refractivity contribution in [2.75, 3.05) is 0 Å². The number of furan rings is 1. The van der Waals surface area contributed by atoms with Crippen LogP contribution in [0.15, 0.2) is 194 Å². The molecule has 222 valence electrons. The highest BCUT2D eigenvalue weighted by Gasteiger charge is 2.37. The van der Waals surface area contributed by atoms with E-state index in [1.165, 1.54) is 25.5 Å². The second-order valence-electron chi connectivity index (χ2n) is 11.7. The standard InChI is InChI=1S/C43H28N2OS/c44-29-30-24-25-41-37(26-30)38-27-31(45-39-22-12-10-20-35(39)36-21-11-13-23-40(36)45)28-42(43(38)46-41)47(32-14-4-1-5-15-32,33-16-6-2-7-17-33)34-18-8-3-9-19-34/h1-28H. The molecule has 0 radical (unpaired) electrons. The van der Waals surface area contributed by atoms with E-state index in [1.807, 2.05) is 18.2 Å². The first kappa shape index (κ1) is 27.3. The van der Waals surface area contributed by atoms with Gasteiger partial charge in [-0.25, -0.2) is 0 Å². The third-order valence-electron chi connectivity index (χ3n) is 9.11. The van der Waals surface area contributed by atoms with Gasteiger partial charge in [0.05, 0.1) is 22.7 Å². The Hall–Kier alpha value is -6.02. The lowest BCUT2D eigenvalue weighted by Crippen LogP contribution is -2.06. The molecule has 47 heavy (non-hydrogen) atoms. The summed E-state index contributed by atoms with van der Waals surface area (Å²) in [7, 11) is -2.09. The number of fused-ring (bicyclic) bond motifs is 6. The molecule has 9 rings (SSSR count). The van der Waals surface area contributed by atoms with Crippen molar-refractivity contribution in [3.05, 3.63) is 175 Å². The quantitative estimate of drug-likeness (QED) is 0.192. The van der Waals surface area contributed by atoms with Gasteiger partial charge in [-0.1, -0.05) is 91.0 Å². The SMILES string of the molecule is N#Cc1ccc2oc3c(S(c4ccccc4)(c4ccccc4)c4ccccc4)cc(-n4c5ccccc5c5ccccc54)cc3c2c1. The van der Waals surface area contributed by atoms with Crippen molar-refractivity contribution in [2.24, 2.45) is 0 Å². The second kappa shape index (κ2) is 10.8. The molecule has 7 aromatic carbocycles. The van der Waals surface area contributed by atoms with E-state index >= 15 is 0 Å². The smallest absolute Gasteiger partial charge is 0.148 e. The van der Waals surface area contributed by atoms with Crippen LogP contribution in [0.2, 0.25) is 0 Å². The Morgan fingerprint density at radius 1 is 0.489 bits per heavy atom. The van der Waals surface area contributed by atoms with Crippen molar-refractivity contribution >= 4 is 53.8 Å². The molecule has 0 saturated carbocycles. The van der Waals surface area contributed by atoms with E-state index in [-0.39, 0.29) is 0 Å². The minimum absolute atomic E-state index is 0.608. The molecule has 0 spiro atoms. The molecule has 0 saturated heterocycles. The highest BCUT2D eigenvalue weighted by atomic mass is 32.3. The van der Waals surface area contributed by atoms with Gasteiger partial charge in [0.2, 0.25) is 0 Å². The molecule has 0 bridgehead atoms. The van der Waals surface area contributed by atoms with Crippen molar-refractivity contribution in [1.82, 2.24) is 4.57 Å². The van der Waals surface area contributed by atoms with Crippen molar-refractivity contribution in [2.45, 2.75) is 19.6 Å². The van der Waals surface area contributed by atoms with Gasteiger partial charge in [-0.15, -0.1) is 10.0 Å². The van der Waals surface area contributed by atoms with Crippen molar-refractivity contribution < 1.29 is 4.42 Å². The molecule has 0 atom stereocenters. The van der Waals surface area contributed by atoms with E-state index in [4.69, 9.17) is 4.42 Å². The number of rotatable bonds is 5. The Kier molecular flexibility index (Phi) is 6.28. The summed E-state index contributed by atoms with van der Waals surface area (Å²) in [6, 6.07) is 62.5. The predicted molar refractivity (Wildman–Crippen MR) is 193 cm³/mol. The molecular formula is C43H28N2OS. The van der Waals surface area contributed by atoms with E-state index in [0.717, 1.165) is 43.6 Å². The first-order chi connectivity index (χ1) is 23.3. The van der Waals surface area contributed by atoms with Crippen LogP contribution in [0.5, 0.6) is 0 Å². The molecule has 0 fully saturated rings. The van der Waals surface area contributed by atoms with E-state index in [0.29, 0.717) is 5.56 Å². The minimum Gasteiger partial charge on any atom is -0.455 e. The number of hydrogen-bond acceptors (Lipinski definition) is 2. The Balaban J connectivity index is 1.52. The van der Waals surface area contributed by atoms with Gasteiger partial charge in [0, 0.05) is 46.8 Å². The van der Waals surface area contributed by atoms with Gasteiger partial charge < -0.3 is 8.98 Å². The van der Waals surface area contributed by atoms with Crippen LogP contribution in [0.1, 0.15) is 5.56 Å². The summed E-state index contributed by atoms with van der Waals surface area (Å²) < 4.78 is 9.28. The zero-order valence-electron chi connectivity index (χ0n) is 25.4. The van der Waals surface area contributed by atoms with Gasteiger partial charge >= 0.3 is 0 Å². The fourth-order valence-electron chi connectivity index (χ4n) is 7.12. The molecule has 0 amide bonds. The van der Waals surface area contributed by atoms with Gasteiger partial charge in [0.25, 0.3) is 0 Å². The molecular weight excluding hydrogens is 593 g/mol. The van der Waals surface area contributed by atoms with Crippen LogP contribution in [0, 0.1) is 11.3 Å². The van der Waals surface area contributed by atoms with E-state index in [2.05, 4.69) is 162 Å². The van der Waals surface area contributed by atoms with E-state index < -0.39 is 10.0 Å². The maximum absolute atomic E-state index is 9.90. The average Bonchev–Trinajstić information content (AvgIpc) is 3.69. The highest BCUT2D eigenvalue weighted by Crippen LogP contribution is 2.75. The van der Waals surface area contributed by atoms with Gasteiger partial charge in [0.1, 0.15) is 11.2 Å². The molecule has 0 aliphatic heterocycles. The molecule has 2 aromatic heterocycles. The van der Waals surface area contributed by atoms with Crippen LogP contribution in [0.25, 0.3) is 49.4 Å². The van der Waals surface area contributed by atoms with Crippen LogP contribution in [0.4, 0.5) is 0 Å². The average molecular weight is 621 g/mol. The van der Waals surface area contributed by atoms with Crippen LogP contribution in [0.3, 0.4) is 0 Å². The molecule has 9 aromatic rings. The Morgan fingerprint density at radius 3 is 1.53 bits per heavy atom. The van der Waals surface area contributed by atoms with Gasteiger partial charge in [-0.05, 0) is 78.9 Å². The lowest BCUT2D eigenvalue weighted by Gasteiger charge is -2.42. The van der Waals surface area contributed by atoms with Gasteiger partial charge in [0.15, 0.2) is 0 Å². The summed E-state index contributed by atoms with van der Waals surface area (Å²) in [6.45, 7) is 0. The Labute approximate surface area is 273 Å². The molecule has 0 aliphatic rings. The van der Waals surface area contributed by atoms with Crippen LogP contribution in [-0.2, 0) is 0 Å². The van der Waals surface area contributed by atoms with E-state index in [1.54, 1.807) is 0 Å². The summed E-state index contributed by atoms with van der Waals surface area (Å²) in [5.41, 5.74) is 5.55. The fraction of sp³-hybridized carbons (Fsp3) is 0. The first-order valence-corrected chi connectivity index (χ1v) is 17.3. The number of benzene rings is 7. The number of para-hydroxylation sites is 2. The molecule has 2 heterocycles. The summed E-state index contributed by atoms with van der Waals surface area (Å²) in [4.78, 5) is 4.77. The lowest BCUT2D eigenvalue weighted by atomic mass is 10.1. The largest absolute Gasteiger partial charge is 0.455 e. The van der Waals surface area contributed by atoms with Gasteiger partial charge in [-0.3, -0.25) is 0 Å². The lowest BCUT2D eigenvalue weighted by molar-refractivity contribution is 0.659. The van der Waals surface area contributed by atoms with Crippen molar-refractivity contribution in [3.63, 3.8) is 0 Å². The third kappa shape index (κ3) is 4.07. The first-order valence-electron chi connectivity index (χ1n) is 15.6. The number of nitriles is 1. The fourth-order valence-corrected chi connectivity index (χ4v) is 11.1. The summed E-state index contributed by atoms with van der Waals surface area (Å²) in [5, 5.41) is 14.2. The zero-order chi connectivity index (χ0) is 31.4. The maximum Gasteiger partial charge on any atom is 0.148 e. The van der Waals surface area contributed by atoms with Gasteiger partial charge in [-0.2, -0.15) is 5.26 Å². The Morgan fingerprint density at radius 2 is 1.00 bits per heavy atom. The summed E-state index contributed by atoms with van der Waals surface area (Å²) in [5.74, 6) is 0. The molecule has 0 aliphatic carbocycles. The number of aromatic nitrogens is 1. The van der Waals surface area contributed by atoms with Crippen LogP contribution >= 0.6 is 10.0 Å². The third-order valence-corrected chi connectivity index (χ3v) is 13.0. The topological polar surface area (TPSA) is 41.9 Å². The predicted octanol–water partition coefficient (Wildman–Crippen LogP) is 11.9. The van der Waals surface area contributed by atoms with Crippen LogP contribution in [-0.4, -0.2) is 4.57 Å². The second-order valence-corrected chi connectivity index (χ2v) is 14.7. The molecule has 0 N–H and O–H groups in total. The maximum atomic E-state index is 9.90. The molecule has 4 heteroatoms. The number of nitrogens with zero attached hydrogens (tertiary/aromatic N) is 2. The zero-order valence-corrected chi connectivity index (χ0v) is 26.2. The normalized spacial score (nSPS) is 12.1. The Bertz CT molecular complexity index is 2480. The number of hydrogen-bond donors (Lipinski definition) is 0. The molecule has 3 nitrogen and oxygen atoms in total. The van der Waals surface area contributed by atoms with Crippen LogP contribution < -0.4 is 0 Å².